The second-order valence-corrected chi connectivity index (χ2v) is 8.47. The molecule has 0 unspecified atom stereocenters. The van der Waals surface area contributed by atoms with Crippen LogP contribution in [0.15, 0.2) is 36.7 Å². The number of aromatic nitrogens is 4. The second-order valence-electron chi connectivity index (χ2n) is 8.47. The highest BCUT2D eigenvalue weighted by Crippen LogP contribution is 2.26. The molecule has 2 aromatic heterocycles. The van der Waals surface area contributed by atoms with E-state index in [4.69, 9.17) is 4.98 Å². The zero-order chi connectivity index (χ0) is 24.1. The molecule has 7 nitrogen and oxygen atoms in total. The molecular formula is C25H33FN6O. The predicted molar refractivity (Wildman–Crippen MR) is 128 cm³/mol. The number of aryl methyl sites for hydroxylation is 1. The Hall–Kier alpha value is -3.13. The molecule has 0 saturated heterocycles. The molecule has 0 aliphatic carbocycles. The van der Waals surface area contributed by atoms with Crippen molar-refractivity contribution in [3.63, 3.8) is 0 Å². The van der Waals surface area contributed by atoms with Crippen LogP contribution in [0.4, 0.5) is 4.39 Å². The highest BCUT2D eigenvalue weighted by molar-refractivity contribution is 5.95. The topological polar surface area (TPSA) is 67.2 Å². The summed E-state index contributed by atoms with van der Waals surface area (Å²) < 4.78 is 15.0. The number of benzene rings is 1. The van der Waals surface area contributed by atoms with Crippen LogP contribution in [0.1, 0.15) is 55.2 Å². The monoisotopic (exact) mass is 452 g/mol. The summed E-state index contributed by atoms with van der Waals surface area (Å²) in [6.07, 6.45) is 3.33. The average molecular weight is 453 g/mol. The third-order valence-corrected chi connectivity index (χ3v) is 5.84. The SMILES string of the molecule is CCN(CC)CCN(C)C(=O)c1cnn(-c2ncc(C)c(-c3ccc(F)cc3)n2)c1C(C)C. The fraction of sp³-hybridized carbons (Fsp3) is 0.440. The standard InChI is InChI=1S/C25H33FN6O/c1-7-31(8-2)14-13-30(6)24(33)21-16-28-32(23(21)17(3)4)25-27-15-18(5)22(29-25)19-9-11-20(26)12-10-19/h9-12,15-17H,7-8,13-14H2,1-6H3. The first-order chi connectivity index (χ1) is 15.8. The van der Waals surface area contributed by atoms with Crippen molar-refractivity contribution in [1.29, 1.82) is 0 Å². The fourth-order valence-electron chi connectivity index (χ4n) is 3.81. The molecule has 0 fully saturated rings. The van der Waals surface area contributed by atoms with Gasteiger partial charge >= 0.3 is 0 Å². The molecule has 8 heteroatoms. The lowest BCUT2D eigenvalue weighted by Gasteiger charge is -2.23. The van der Waals surface area contributed by atoms with Gasteiger partial charge in [0.2, 0.25) is 0 Å². The van der Waals surface area contributed by atoms with Gasteiger partial charge in [-0.15, -0.1) is 0 Å². The number of halogens is 1. The first kappa shape index (κ1) is 24.5. The molecule has 0 aliphatic rings. The van der Waals surface area contributed by atoms with E-state index in [1.165, 1.54) is 12.1 Å². The van der Waals surface area contributed by atoms with Crippen molar-refractivity contribution in [3.8, 4) is 17.2 Å². The number of carbonyl (C=O) groups excluding carboxylic acids is 1. The largest absolute Gasteiger partial charge is 0.340 e. The van der Waals surface area contributed by atoms with E-state index in [9.17, 15) is 9.18 Å². The van der Waals surface area contributed by atoms with E-state index in [1.54, 1.807) is 34.1 Å². The Morgan fingerprint density at radius 3 is 2.36 bits per heavy atom. The van der Waals surface area contributed by atoms with Crippen molar-refractivity contribution in [3.05, 3.63) is 59.3 Å². The number of likely N-dealkylation sites (N-methyl/N-ethyl adjacent to an activating group) is 2. The highest BCUT2D eigenvalue weighted by atomic mass is 19.1. The van der Waals surface area contributed by atoms with Gasteiger partial charge in [-0.1, -0.05) is 27.7 Å². The molecule has 0 N–H and O–H groups in total. The Balaban J connectivity index is 1.95. The molecule has 3 rings (SSSR count). The maximum atomic E-state index is 13.4. The molecule has 2 heterocycles. The van der Waals surface area contributed by atoms with E-state index in [0.717, 1.165) is 36.5 Å². The van der Waals surface area contributed by atoms with E-state index < -0.39 is 0 Å². The fourth-order valence-corrected chi connectivity index (χ4v) is 3.81. The van der Waals surface area contributed by atoms with E-state index in [1.807, 2.05) is 27.8 Å². The van der Waals surface area contributed by atoms with Gasteiger partial charge in [-0.25, -0.2) is 19.0 Å². The average Bonchev–Trinajstić information content (AvgIpc) is 3.25. The highest BCUT2D eigenvalue weighted by Gasteiger charge is 2.25. The molecule has 176 valence electrons. The normalized spacial score (nSPS) is 11.4. The molecule has 0 aliphatic heterocycles. The molecule has 1 amide bonds. The number of nitrogens with zero attached hydrogens (tertiary/aromatic N) is 6. The van der Waals surface area contributed by atoms with Gasteiger partial charge in [0.05, 0.1) is 23.1 Å². The summed E-state index contributed by atoms with van der Waals surface area (Å²) in [5.41, 5.74) is 3.69. The van der Waals surface area contributed by atoms with Crippen LogP contribution in [0.2, 0.25) is 0 Å². The van der Waals surface area contributed by atoms with Crippen LogP contribution in [0, 0.1) is 12.7 Å². The van der Waals surface area contributed by atoms with Crippen molar-refractivity contribution in [2.45, 2.75) is 40.5 Å². The Morgan fingerprint density at radius 2 is 1.76 bits per heavy atom. The molecule has 1 aromatic carbocycles. The summed E-state index contributed by atoms with van der Waals surface area (Å²) in [6, 6.07) is 6.21. The van der Waals surface area contributed by atoms with Crippen LogP contribution >= 0.6 is 0 Å². The minimum Gasteiger partial charge on any atom is -0.340 e. The predicted octanol–water partition coefficient (Wildman–Crippen LogP) is 4.31. The third kappa shape index (κ3) is 5.45. The Labute approximate surface area is 195 Å². The molecule has 0 radical (unpaired) electrons. The number of hydrogen-bond acceptors (Lipinski definition) is 5. The molecule has 0 saturated carbocycles. The summed E-state index contributed by atoms with van der Waals surface area (Å²) in [5.74, 6) is 0.0476. The second kappa shape index (κ2) is 10.7. The molecule has 33 heavy (non-hydrogen) atoms. The van der Waals surface area contributed by atoms with Crippen molar-refractivity contribution < 1.29 is 9.18 Å². The first-order valence-corrected chi connectivity index (χ1v) is 11.4. The Kier molecular flexibility index (Phi) is 7.92. The lowest BCUT2D eigenvalue weighted by Crippen LogP contribution is -2.36. The van der Waals surface area contributed by atoms with Gasteiger partial charge in [-0.2, -0.15) is 5.10 Å². The maximum absolute atomic E-state index is 13.4. The molecule has 3 aromatic rings. The minimum atomic E-state index is -0.298. The van der Waals surface area contributed by atoms with Crippen LogP contribution in [0.25, 0.3) is 17.2 Å². The summed E-state index contributed by atoms with van der Waals surface area (Å²) >= 11 is 0. The van der Waals surface area contributed by atoms with Gasteiger partial charge in [0.15, 0.2) is 0 Å². The van der Waals surface area contributed by atoms with Crippen LogP contribution < -0.4 is 0 Å². The van der Waals surface area contributed by atoms with Gasteiger partial charge in [0, 0.05) is 31.9 Å². The Bertz CT molecular complexity index is 1090. The molecule has 0 bridgehead atoms. The number of carbonyl (C=O) groups is 1. The molecule has 0 atom stereocenters. The Morgan fingerprint density at radius 1 is 1.09 bits per heavy atom. The van der Waals surface area contributed by atoms with Crippen molar-refractivity contribution >= 4 is 5.91 Å². The summed E-state index contributed by atoms with van der Waals surface area (Å²) in [4.78, 5) is 26.5. The maximum Gasteiger partial charge on any atom is 0.257 e. The van der Waals surface area contributed by atoms with E-state index >= 15 is 0 Å². The third-order valence-electron chi connectivity index (χ3n) is 5.84. The van der Waals surface area contributed by atoms with E-state index in [-0.39, 0.29) is 17.6 Å². The van der Waals surface area contributed by atoms with Crippen LogP contribution in [-0.4, -0.2) is 68.7 Å². The number of hydrogen-bond donors (Lipinski definition) is 0. The quantitative estimate of drug-likeness (QED) is 0.484. The minimum absolute atomic E-state index is 0.0295. The smallest absolute Gasteiger partial charge is 0.257 e. The van der Waals surface area contributed by atoms with Crippen molar-refractivity contribution in [2.75, 3.05) is 33.2 Å². The van der Waals surface area contributed by atoms with E-state index in [2.05, 4.69) is 28.8 Å². The zero-order valence-electron chi connectivity index (χ0n) is 20.3. The van der Waals surface area contributed by atoms with Gasteiger partial charge in [0.25, 0.3) is 11.9 Å². The lowest BCUT2D eigenvalue weighted by molar-refractivity contribution is 0.0778. The van der Waals surface area contributed by atoms with Gasteiger partial charge in [-0.05, 0) is 55.8 Å². The van der Waals surface area contributed by atoms with Gasteiger partial charge < -0.3 is 9.80 Å². The first-order valence-electron chi connectivity index (χ1n) is 11.4. The number of rotatable bonds is 9. The van der Waals surface area contributed by atoms with Gasteiger partial charge in [0.1, 0.15) is 5.82 Å². The molecule has 0 spiro atoms. The summed E-state index contributed by atoms with van der Waals surface area (Å²) in [5, 5.41) is 4.49. The summed E-state index contributed by atoms with van der Waals surface area (Å²) in [6.45, 7) is 13.6. The van der Waals surface area contributed by atoms with Crippen molar-refractivity contribution in [1.82, 2.24) is 29.5 Å². The van der Waals surface area contributed by atoms with Gasteiger partial charge in [-0.3, -0.25) is 4.79 Å². The lowest BCUT2D eigenvalue weighted by atomic mass is 10.0. The van der Waals surface area contributed by atoms with Crippen molar-refractivity contribution in [2.24, 2.45) is 0 Å². The van der Waals surface area contributed by atoms with Crippen LogP contribution in [0.5, 0.6) is 0 Å². The van der Waals surface area contributed by atoms with Crippen LogP contribution in [-0.2, 0) is 0 Å². The van der Waals surface area contributed by atoms with E-state index in [0.29, 0.717) is 23.8 Å². The molecular weight excluding hydrogens is 419 g/mol. The van der Waals surface area contributed by atoms with Crippen LogP contribution in [0.3, 0.4) is 0 Å². The summed E-state index contributed by atoms with van der Waals surface area (Å²) in [7, 11) is 1.82. The zero-order valence-corrected chi connectivity index (χ0v) is 20.3. The number of amides is 1.